The summed E-state index contributed by atoms with van der Waals surface area (Å²) in [6.45, 7) is 6.32. The van der Waals surface area contributed by atoms with Crippen LogP contribution in [0.15, 0.2) is 28.8 Å². The lowest BCUT2D eigenvalue weighted by Crippen LogP contribution is -2.19. The Kier molecular flexibility index (Phi) is 5.31. The van der Waals surface area contributed by atoms with E-state index in [-0.39, 0.29) is 11.0 Å². The van der Waals surface area contributed by atoms with Gasteiger partial charge in [-0.3, -0.25) is 10.1 Å². The van der Waals surface area contributed by atoms with E-state index < -0.39 is 5.91 Å². The van der Waals surface area contributed by atoms with Gasteiger partial charge in [0.05, 0.1) is 17.8 Å². The van der Waals surface area contributed by atoms with Crippen molar-refractivity contribution in [2.45, 2.75) is 39.0 Å². The van der Waals surface area contributed by atoms with Crippen LogP contribution in [0.25, 0.3) is 0 Å². The van der Waals surface area contributed by atoms with Crippen molar-refractivity contribution in [3.63, 3.8) is 0 Å². The number of ether oxygens (including phenoxy) is 1. The van der Waals surface area contributed by atoms with E-state index in [4.69, 9.17) is 20.9 Å². The predicted molar refractivity (Wildman–Crippen MR) is 90.4 cm³/mol. The Hall–Kier alpha value is -2.01. The van der Waals surface area contributed by atoms with E-state index in [0.29, 0.717) is 16.7 Å². The second-order valence-electron chi connectivity index (χ2n) is 5.62. The molecule has 1 aromatic heterocycles. The third kappa shape index (κ3) is 3.50. The Morgan fingerprint density at radius 3 is 2.70 bits per heavy atom. The molecule has 1 heterocycles. The van der Waals surface area contributed by atoms with Gasteiger partial charge >= 0.3 is 0 Å². The maximum Gasteiger partial charge on any atom is 0.263 e. The van der Waals surface area contributed by atoms with E-state index in [0.717, 1.165) is 18.5 Å². The number of rotatable bonds is 6. The van der Waals surface area contributed by atoms with Crippen LogP contribution in [0.2, 0.25) is 5.02 Å². The molecule has 0 aliphatic carbocycles. The molecule has 0 saturated heterocycles. The smallest absolute Gasteiger partial charge is 0.263 e. The molecule has 0 bridgehead atoms. The number of halogens is 1. The van der Waals surface area contributed by atoms with E-state index in [1.54, 1.807) is 24.3 Å². The normalized spacial score (nSPS) is 11.3. The lowest BCUT2D eigenvalue weighted by molar-refractivity contribution is 0.102. The molecule has 0 spiro atoms. The van der Waals surface area contributed by atoms with Gasteiger partial charge in [-0.05, 0) is 25.0 Å². The second-order valence-corrected chi connectivity index (χ2v) is 6.02. The minimum absolute atomic E-state index is 0.0748. The highest BCUT2D eigenvalue weighted by Crippen LogP contribution is 2.32. The largest absolute Gasteiger partial charge is 0.496 e. The Balaban J connectivity index is 2.24. The van der Waals surface area contributed by atoms with Crippen molar-refractivity contribution < 1.29 is 14.1 Å². The van der Waals surface area contributed by atoms with Crippen LogP contribution in [0.3, 0.4) is 0 Å². The third-order valence-electron chi connectivity index (χ3n) is 4.35. The van der Waals surface area contributed by atoms with Crippen molar-refractivity contribution in [3.05, 3.63) is 40.5 Å². The standard InChI is InChI=1S/C17H21ClN2O3/c1-5-17(3,6-2)13-10-14(23-20-13)19-16(21)15-11(18)8-7-9-12(15)22-4/h7-10H,5-6H2,1-4H3,(H,19,21). The van der Waals surface area contributed by atoms with Gasteiger partial charge in [0.15, 0.2) is 0 Å². The summed E-state index contributed by atoms with van der Waals surface area (Å²) in [4.78, 5) is 12.4. The molecule has 1 aromatic carbocycles. The molecule has 1 N–H and O–H groups in total. The van der Waals surface area contributed by atoms with Gasteiger partial charge in [0.1, 0.15) is 11.3 Å². The Labute approximate surface area is 141 Å². The number of amides is 1. The summed E-state index contributed by atoms with van der Waals surface area (Å²) in [7, 11) is 1.49. The van der Waals surface area contributed by atoms with Crippen LogP contribution in [-0.2, 0) is 5.41 Å². The topological polar surface area (TPSA) is 64.4 Å². The first-order valence-corrected chi connectivity index (χ1v) is 7.94. The molecular weight excluding hydrogens is 316 g/mol. The van der Waals surface area contributed by atoms with Gasteiger partial charge in [-0.15, -0.1) is 0 Å². The summed E-state index contributed by atoms with van der Waals surface area (Å²) in [6.07, 6.45) is 1.86. The van der Waals surface area contributed by atoms with Gasteiger partial charge in [0.25, 0.3) is 5.91 Å². The second kappa shape index (κ2) is 7.04. The van der Waals surface area contributed by atoms with Crippen LogP contribution in [-0.4, -0.2) is 18.2 Å². The van der Waals surface area contributed by atoms with Crippen molar-refractivity contribution in [3.8, 4) is 5.75 Å². The molecular formula is C17H21ClN2O3. The molecule has 0 aliphatic rings. The molecule has 0 fully saturated rings. The lowest BCUT2D eigenvalue weighted by atomic mass is 9.81. The van der Waals surface area contributed by atoms with Gasteiger partial charge in [0, 0.05) is 11.5 Å². The zero-order valence-corrected chi connectivity index (χ0v) is 14.5. The van der Waals surface area contributed by atoms with Crippen molar-refractivity contribution >= 4 is 23.4 Å². The number of aromatic nitrogens is 1. The molecule has 0 atom stereocenters. The fourth-order valence-corrected chi connectivity index (χ4v) is 2.55. The monoisotopic (exact) mass is 336 g/mol. The van der Waals surface area contributed by atoms with Crippen LogP contribution >= 0.6 is 11.6 Å². The Morgan fingerprint density at radius 2 is 2.09 bits per heavy atom. The number of hydrogen-bond acceptors (Lipinski definition) is 4. The van der Waals surface area contributed by atoms with Crippen LogP contribution in [0, 0.1) is 0 Å². The summed E-state index contributed by atoms with van der Waals surface area (Å²) >= 11 is 6.10. The van der Waals surface area contributed by atoms with Crippen LogP contribution in [0.5, 0.6) is 5.75 Å². The van der Waals surface area contributed by atoms with Crippen molar-refractivity contribution in [1.82, 2.24) is 5.16 Å². The minimum atomic E-state index is -0.398. The summed E-state index contributed by atoms with van der Waals surface area (Å²) in [5.41, 5.74) is 1.02. The first kappa shape index (κ1) is 17.3. The quantitative estimate of drug-likeness (QED) is 0.832. The van der Waals surface area contributed by atoms with E-state index in [1.807, 2.05) is 0 Å². The van der Waals surface area contributed by atoms with Gasteiger partial charge in [0.2, 0.25) is 5.88 Å². The van der Waals surface area contributed by atoms with Gasteiger partial charge < -0.3 is 9.26 Å². The number of nitrogens with zero attached hydrogens (tertiary/aromatic N) is 1. The molecule has 0 unspecified atom stereocenters. The lowest BCUT2D eigenvalue weighted by Gasteiger charge is -2.22. The highest BCUT2D eigenvalue weighted by molar-refractivity contribution is 6.34. The number of carbonyl (C=O) groups excluding carboxylic acids is 1. The molecule has 2 aromatic rings. The number of methoxy groups -OCH3 is 1. The highest BCUT2D eigenvalue weighted by Gasteiger charge is 2.27. The zero-order chi connectivity index (χ0) is 17.0. The first-order chi connectivity index (χ1) is 10.9. The van der Waals surface area contributed by atoms with Gasteiger partial charge in [-0.2, -0.15) is 0 Å². The van der Waals surface area contributed by atoms with Crippen LogP contribution < -0.4 is 10.1 Å². The molecule has 6 heteroatoms. The molecule has 124 valence electrons. The number of nitrogens with one attached hydrogen (secondary N) is 1. The molecule has 2 rings (SSSR count). The minimum Gasteiger partial charge on any atom is -0.496 e. The van der Waals surface area contributed by atoms with Gasteiger partial charge in [-0.1, -0.05) is 43.6 Å². The molecule has 23 heavy (non-hydrogen) atoms. The van der Waals surface area contributed by atoms with Crippen molar-refractivity contribution in [2.24, 2.45) is 0 Å². The van der Waals surface area contributed by atoms with Gasteiger partial charge in [-0.25, -0.2) is 0 Å². The summed E-state index contributed by atoms with van der Waals surface area (Å²) in [5.74, 6) is 0.298. The number of anilines is 1. The van der Waals surface area contributed by atoms with Crippen molar-refractivity contribution in [2.75, 3.05) is 12.4 Å². The Bertz CT molecular complexity index is 693. The maximum absolute atomic E-state index is 12.4. The summed E-state index contributed by atoms with van der Waals surface area (Å²) < 4.78 is 10.4. The predicted octanol–water partition coefficient (Wildman–Crippen LogP) is 4.67. The Morgan fingerprint density at radius 1 is 1.39 bits per heavy atom. The number of hydrogen-bond donors (Lipinski definition) is 1. The van der Waals surface area contributed by atoms with Crippen LogP contribution in [0.1, 0.15) is 49.7 Å². The fourth-order valence-electron chi connectivity index (χ4n) is 2.30. The van der Waals surface area contributed by atoms with Crippen molar-refractivity contribution in [1.29, 1.82) is 0 Å². The summed E-state index contributed by atoms with van der Waals surface area (Å²) in [5, 5.41) is 7.08. The molecule has 0 aliphatic heterocycles. The average Bonchev–Trinajstić information content (AvgIpc) is 3.02. The summed E-state index contributed by atoms with van der Waals surface area (Å²) in [6, 6.07) is 6.79. The number of benzene rings is 1. The average molecular weight is 337 g/mol. The zero-order valence-electron chi connectivity index (χ0n) is 13.8. The third-order valence-corrected chi connectivity index (χ3v) is 4.66. The first-order valence-electron chi connectivity index (χ1n) is 7.56. The maximum atomic E-state index is 12.4. The molecule has 0 saturated carbocycles. The SMILES string of the molecule is CCC(C)(CC)c1cc(NC(=O)c2c(Cl)cccc2OC)on1. The molecule has 0 radical (unpaired) electrons. The van der Waals surface area contributed by atoms with Crippen LogP contribution in [0.4, 0.5) is 5.88 Å². The van der Waals surface area contributed by atoms with E-state index in [1.165, 1.54) is 7.11 Å². The highest BCUT2D eigenvalue weighted by atomic mass is 35.5. The van der Waals surface area contributed by atoms with E-state index in [2.05, 4.69) is 31.2 Å². The molecule has 1 amide bonds. The fraction of sp³-hybridized carbons (Fsp3) is 0.412. The van der Waals surface area contributed by atoms with E-state index in [9.17, 15) is 4.79 Å². The van der Waals surface area contributed by atoms with E-state index >= 15 is 0 Å². The molecule has 5 nitrogen and oxygen atoms in total. The number of carbonyl (C=O) groups is 1.